The molecule has 0 N–H and O–H groups in total. The Morgan fingerprint density at radius 3 is 1.16 bits per heavy atom. The molecule has 0 unspecified atom stereocenters. The third-order valence-electron chi connectivity index (χ3n) is 9.68. The Hall–Kier alpha value is -0.570. The molecule has 0 fully saturated rings. The van der Waals surface area contributed by atoms with Crippen LogP contribution in [0.5, 0.6) is 0 Å². The van der Waals surface area contributed by atoms with Gasteiger partial charge in [-0.25, -0.2) is 0 Å². The van der Waals surface area contributed by atoms with Crippen LogP contribution >= 0.6 is 0 Å². The molecule has 0 aliphatic heterocycles. The van der Waals surface area contributed by atoms with E-state index in [1.807, 2.05) is 27.9 Å². The minimum atomic E-state index is -0.379. The van der Waals surface area contributed by atoms with Gasteiger partial charge in [0, 0.05) is 7.11 Å². The van der Waals surface area contributed by atoms with Gasteiger partial charge in [0.15, 0.2) is 0 Å². The van der Waals surface area contributed by atoms with E-state index in [-0.39, 0.29) is 11.4 Å². The van der Waals surface area contributed by atoms with Crippen LogP contribution in [0.2, 0.25) is 0 Å². The molecule has 0 heterocycles. The minimum absolute atomic E-state index is 0.0775. The summed E-state index contributed by atoms with van der Waals surface area (Å²) in [7, 11) is 1.93. The van der Waals surface area contributed by atoms with E-state index in [0.29, 0.717) is 18.6 Å². The average Bonchev–Trinajstić information content (AvgIpc) is 3.00. The van der Waals surface area contributed by atoms with Gasteiger partial charge in [0.2, 0.25) is 0 Å². The first-order valence-corrected chi connectivity index (χ1v) is 20.0. The zero-order chi connectivity index (χ0) is 32.6. The highest BCUT2D eigenvalue weighted by Crippen LogP contribution is 2.22. The van der Waals surface area contributed by atoms with Crippen LogP contribution < -0.4 is 0 Å². The van der Waals surface area contributed by atoms with Gasteiger partial charge in [-0.3, -0.25) is 4.79 Å². The Kier molecular flexibility index (Phi) is 32.0. The van der Waals surface area contributed by atoms with Crippen LogP contribution in [0, 0.1) is 11.3 Å². The highest BCUT2D eigenvalue weighted by atomic mass is 16.5. The maximum atomic E-state index is 11.7. The van der Waals surface area contributed by atoms with Crippen molar-refractivity contribution in [2.45, 2.75) is 233 Å². The zero-order valence-corrected chi connectivity index (χ0v) is 31.3. The smallest absolute Gasteiger partial charge is 0.311 e. The van der Waals surface area contributed by atoms with Crippen LogP contribution in [0.25, 0.3) is 0 Å². The van der Waals surface area contributed by atoms with Crippen molar-refractivity contribution in [2.75, 3.05) is 13.7 Å². The predicted octanol–water partition coefficient (Wildman–Crippen LogP) is 13.9. The van der Waals surface area contributed by atoms with Gasteiger partial charge >= 0.3 is 5.97 Å². The van der Waals surface area contributed by atoms with Crippen LogP contribution in [0.15, 0.2) is 0 Å². The number of methoxy groups -OCH3 is 1. The first-order chi connectivity index (χ1) is 21.3. The first-order valence-electron chi connectivity index (χ1n) is 20.0. The molecule has 2 atom stereocenters. The molecule has 0 saturated carbocycles. The fraction of sp³-hybridized carbons (Fsp3) is 0.976. The van der Waals surface area contributed by atoms with Crippen molar-refractivity contribution >= 4 is 5.97 Å². The summed E-state index contributed by atoms with van der Waals surface area (Å²) in [5.74, 6) is 0.622. The Labute approximate surface area is 278 Å². The summed E-state index contributed by atoms with van der Waals surface area (Å²) in [6.45, 7) is 11.0. The van der Waals surface area contributed by atoms with E-state index < -0.39 is 0 Å². The van der Waals surface area contributed by atoms with Gasteiger partial charge in [0.05, 0.1) is 18.1 Å². The quantitative estimate of drug-likeness (QED) is 0.0529. The Balaban J connectivity index is 3.42. The molecule has 3 heteroatoms. The van der Waals surface area contributed by atoms with E-state index in [2.05, 4.69) is 13.8 Å². The number of carbonyl (C=O) groups excluding carboxylic acids is 1. The summed E-state index contributed by atoms with van der Waals surface area (Å²) in [5.41, 5.74) is -0.379. The number of hydrogen-bond acceptors (Lipinski definition) is 3. The Morgan fingerprint density at radius 1 is 0.500 bits per heavy atom. The average molecular weight is 623 g/mol. The van der Waals surface area contributed by atoms with Gasteiger partial charge < -0.3 is 9.47 Å². The summed E-state index contributed by atoms with van der Waals surface area (Å²) in [6.07, 6.45) is 41.9. The SMILES string of the molecule is CCCCCCCCCCCCCCCCCC[C@H](C)[C@H](CCCCCCCCCCCCCCOC(=O)C(C)(C)C)OC. The molecule has 0 radical (unpaired) electrons. The molecule has 0 aromatic heterocycles. The summed E-state index contributed by atoms with van der Waals surface area (Å²) < 4.78 is 11.3. The standard InChI is InChI=1S/C41H82O3/c1-7-8-9-10-11-12-13-14-15-16-17-20-23-26-29-32-35-38(2)39(43-6)36-33-30-27-24-21-18-19-22-25-28-31-34-37-44-40(42)41(3,4)5/h38-39H,7-37H2,1-6H3/t38-,39-/m0/s1. The molecule has 0 aliphatic rings. The van der Waals surface area contributed by atoms with Crippen LogP contribution in [0.4, 0.5) is 0 Å². The van der Waals surface area contributed by atoms with Crippen molar-refractivity contribution in [3.05, 3.63) is 0 Å². The maximum Gasteiger partial charge on any atom is 0.311 e. The van der Waals surface area contributed by atoms with E-state index in [0.717, 1.165) is 6.42 Å². The zero-order valence-electron chi connectivity index (χ0n) is 31.3. The van der Waals surface area contributed by atoms with Crippen molar-refractivity contribution in [1.29, 1.82) is 0 Å². The van der Waals surface area contributed by atoms with Crippen molar-refractivity contribution in [1.82, 2.24) is 0 Å². The van der Waals surface area contributed by atoms with Crippen molar-refractivity contribution in [2.24, 2.45) is 11.3 Å². The van der Waals surface area contributed by atoms with Crippen LogP contribution in [0.1, 0.15) is 227 Å². The molecule has 264 valence electrons. The summed E-state index contributed by atoms with van der Waals surface area (Å²) >= 11 is 0. The lowest BCUT2D eigenvalue weighted by atomic mass is 9.93. The fourth-order valence-electron chi connectivity index (χ4n) is 6.43. The van der Waals surface area contributed by atoms with E-state index in [1.165, 1.54) is 186 Å². The second-order valence-electron chi connectivity index (χ2n) is 15.3. The molecule has 0 aromatic carbocycles. The predicted molar refractivity (Wildman–Crippen MR) is 195 cm³/mol. The van der Waals surface area contributed by atoms with E-state index in [1.54, 1.807) is 0 Å². The molecule has 0 rings (SSSR count). The molecule has 0 amide bonds. The van der Waals surface area contributed by atoms with Gasteiger partial charge in [0.25, 0.3) is 0 Å². The first kappa shape index (κ1) is 43.4. The molecule has 3 nitrogen and oxygen atoms in total. The molecular weight excluding hydrogens is 540 g/mol. The highest BCUT2D eigenvalue weighted by molar-refractivity contribution is 5.75. The van der Waals surface area contributed by atoms with Crippen LogP contribution in [-0.2, 0) is 14.3 Å². The molecule has 0 aromatic rings. The lowest BCUT2D eigenvalue weighted by molar-refractivity contribution is -0.153. The second kappa shape index (κ2) is 32.4. The maximum absolute atomic E-state index is 11.7. The van der Waals surface area contributed by atoms with Crippen molar-refractivity contribution in [3.63, 3.8) is 0 Å². The summed E-state index contributed by atoms with van der Waals surface area (Å²) in [4.78, 5) is 11.7. The van der Waals surface area contributed by atoms with Crippen molar-refractivity contribution < 1.29 is 14.3 Å². The van der Waals surface area contributed by atoms with E-state index in [9.17, 15) is 4.79 Å². The summed E-state index contributed by atoms with van der Waals surface area (Å²) in [6, 6.07) is 0. The number of unbranched alkanes of at least 4 members (excludes halogenated alkanes) is 26. The number of carbonyl (C=O) groups is 1. The minimum Gasteiger partial charge on any atom is -0.465 e. The fourth-order valence-corrected chi connectivity index (χ4v) is 6.43. The molecule has 0 spiro atoms. The van der Waals surface area contributed by atoms with E-state index in [4.69, 9.17) is 9.47 Å². The number of ether oxygens (including phenoxy) is 2. The van der Waals surface area contributed by atoms with Gasteiger partial charge in [0.1, 0.15) is 0 Å². The molecule has 0 aliphatic carbocycles. The number of esters is 1. The summed E-state index contributed by atoms with van der Waals surface area (Å²) in [5, 5.41) is 0. The van der Waals surface area contributed by atoms with Crippen LogP contribution in [0.3, 0.4) is 0 Å². The van der Waals surface area contributed by atoms with Gasteiger partial charge in [-0.1, -0.05) is 187 Å². The second-order valence-corrected chi connectivity index (χ2v) is 15.3. The third-order valence-corrected chi connectivity index (χ3v) is 9.68. The molecule has 44 heavy (non-hydrogen) atoms. The largest absolute Gasteiger partial charge is 0.465 e. The Morgan fingerprint density at radius 2 is 0.818 bits per heavy atom. The normalized spacial score (nSPS) is 13.3. The number of hydrogen-bond donors (Lipinski definition) is 0. The highest BCUT2D eigenvalue weighted by Gasteiger charge is 2.22. The molecule has 0 saturated heterocycles. The topological polar surface area (TPSA) is 35.5 Å². The van der Waals surface area contributed by atoms with Gasteiger partial charge in [-0.2, -0.15) is 0 Å². The molecular formula is C41H82O3. The van der Waals surface area contributed by atoms with Crippen LogP contribution in [-0.4, -0.2) is 25.8 Å². The molecule has 0 bridgehead atoms. The Bertz CT molecular complexity index is 581. The lowest BCUT2D eigenvalue weighted by Gasteiger charge is -2.22. The van der Waals surface area contributed by atoms with Gasteiger partial charge in [-0.05, 0) is 46.0 Å². The van der Waals surface area contributed by atoms with E-state index >= 15 is 0 Å². The third kappa shape index (κ3) is 30.1. The lowest BCUT2D eigenvalue weighted by Crippen LogP contribution is -2.23. The monoisotopic (exact) mass is 623 g/mol. The van der Waals surface area contributed by atoms with Crippen molar-refractivity contribution in [3.8, 4) is 0 Å². The van der Waals surface area contributed by atoms with Gasteiger partial charge in [-0.15, -0.1) is 0 Å². The number of rotatable bonds is 34.